The van der Waals surface area contributed by atoms with Gasteiger partial charge in [0.25, 0.3) is 0 Å². The van der Waals surface area contributed by atoms with Crippen LogP contribution in [0.2, 0.25) is 0 Å². The Morgan fingerprint density at radius 3 is 2.64 bits per heavy atom. The van der Waals surface area contributed by atoms with Crippen molar-refractivity contribution in [3.8, 4) is 17.2 Å². The zero-order chi connectivity index (χ0) is 23.3. The van der Waals surface area contributed by atoms with Crippen LogP contribution >= 0.6 is 0 Å². The molecule has 3 aromatic rings. The van der Waals surface area contributed by atoms with Crippen molar-refractivity contribution in [1.29, 1.82) is 0 Å². The van der Waals surface area contributed by atoms with E-state index in [2.05, 4.69) is 10.00 Å². The van der Waals surface area contributed by atoms with Gasteiger partial charge in [-0.25, -0.2) is 13.5 Å². The van der Waals surface area contributed by atoms with Gasteiger partial charge in [0.05, 0.1) is 33.0 Å². The molecule has 0 saturated heterocycles. The van der Waals surface area contributed by atoms with Crippen molar-refractivity contribution in [3.05, 3.63) is 75.2 Å². The smallest absolute Gasteiger partial charge is 0.311 e. The summed E-state index contributed by atoms with van der Waals surface area (Å²) in [5, 5.41) is 4.26. The van der Waals surface area contributed by atoms with E-state index in [4.69, 9.17) is 14.2 Å². The van der Waals surface area contributed by atoms with Crippen LogP contribution in [-0.2, 0) is 13.0 Å². The second kappa shape index (κ2) is 8.06. The van der Waals surface area contributed by atoms with Gasteiger partial charge in [0.1, 0.15) is 23.4 Å². The van der Waals surface area contributed by atoms with Crippen LogP contribution in [0.5, 0.6) is 17.2 Å². The van der Waals surface area contributed by atoms with E-state index in [1.165, 1.54) is 6.07 Å². The Hall–Kier alpha value is -3.62. The molecule has 2 aromatic carbocycles. The molecule has 172 valence electrons. The molecular formula is C24H23F2N3O4. The van der Waals surface area contributed by atoms with Crippen molar-refractivity contribution in [1.82, 2.24) is 9.78 Å². The number of rotatable bonds is 4. The molecule has 0 unspecified atom stereocenters. The number of hydrogen-bond acceptors (Lipinski definition) is 6. The van der Waals surface area contributed by atoms with Gasteiger partial charge in [-0.1, -0.05) is 6.07 Å². The van der Waals surface area contributed by atoms with Crippen LogP contribution in [0.1, 0.15) is 29.7 Å². The molecule has 0 amide bonds. The van der Waals surface area contributed by atoms with Crippen LogP contribution in [0, 0.1) is 11.6 Å². The summed E-state index contributed by atoms with van der Waals surface area (Å²) in [5.74, 6) is 0.0795. The van der Waals surface area contributed by atoms with Crippen molar-refractivity contribution < 1.29 is 23.0 Å². The van der Waals surface area contributed by atoms with Crippen LogP contribution in [-0.4, -0.2) is 36.6 Å². The first-order chi connectivity index (χ1) is 15.9. The Balaban J connectivity index is 1.53. The number of nitrogens with zero attached hydrogens (tertiary/aromatic N) is 3. The monoisotopic (exact) mass is 455 g/mol. The maximum absolute atomic E-state index is 14.1. The van der Waals surface area contributed by atoms with E-state index >= 15 is 0 Å². The summed E-state index contributed by atoms with van der Waals surface area (Å²) in [5.41, 5.74) is 2.50. The molecule has 0 saturated carbocycles. The Morgan fingerprint density at radius 1 is 1.15 bits per heavy atom. The molecule has 7 nitrogen and oxygen atoms in total. The van der Waals surface area contributed by atoms with Crippen LogP contribution in [0.15, 0.2) is 41.3 Å². The third-order valence-electron chi connectivity index (χ3n) is 6.30. The lowest BCUT2D eigenvalue weighted by Gasteiger charge is -2.45. The molecule has 33 heavy (non-hydrogen) atoms. The minimum absolute atomic E-state index is 0.126. The quantitative estimate of drug-likeness (QED) is 0.600. The molecule has 0 N–H and O–H groups in total. The average molecular weight is 455 g/mol. The Kier molecular flexibility index (Phi) is 5.19. The molecule has 0 bridgehead atoms. The van der Waals surface area contributed by atoms with Gasteiger partial charge in [0, 0.05) is 18.2 Å². The third kappa shape index (κ3) is 3.48. The molecule has 0 aliphatic carbocycles. The SMILES string of the molecule is COc1cc2c(cc1OC)[C@H]1[C@H](C)Oc3c(cnn(Cc4ccc(F)cc4F)c3=O)N1CC2. The van der Waals surface area contributed by atoms with Crippen molar-refractivity contribution in [2.24, 2.45) is 0 Å². The molecule has 1 aromatic heterocycles. The van der Waals surface area contributed by atoms with E-state index in [0.717, 1.165) is 34.4 Å². The van der Waals surface area contributed by atoms with Gasteiger partial charge in [0.2, 0.25) is 5.75 Å². The number of methoxy groups -OCH3 is 2. The summed E-state index contributed by atoms with van der Waals surface area (Å²) in [4.78, 5) is 15.3. The summed E-state index contributed by atoms with van der Waals surface area (Å²) in [6.07, 6.45) is 1.99. The largest absolute Gasteiger partial charge is 0.493 e. The second-order valence-electron chi connectivity index (χ2n) is 8.17. The maximum atomic E-state index is 14.1. The van der Waals surface area contributed by atoms with Gasteiger partial charge < -0.3 is 19.1 Å². The maximum Gasteiger partial charge on any atom is 0.311 e. The first-order valence-electron chi connectivity index (χ1n) is 10.6. The molecule has 5 rings (SSSR count). The van der Waals surface area contributed by atoms with E-state index in [-0.39, 0.29) is 30.0 Å². The van der Waals surface area contributed by atoms with Gasteiger partial charge >= 0.3 is 5.56 Å². The minimum Gasteiger partial charge on any atom is -0.493 e. The summed E-state index contributed by atoms with van der Waals surface area (Å²) in [6.45, 7) is 2.46. The van der Waals surface area contributed by atoms with Crippen LogP contribution in [0.4, 0.5) is 14.5 Å². The average Bonchev–Trinajstić information content (AvgIpc) is 2.81. The summed E-state index contributed by atoms with van der Waals surface area (Å²) >= 11 is 0. The molecule has 9 heteroatoms. The highest BCUT2D eigenvalue weighted by atomic mass is 19.1. The molecule has 3 heterocycles. The third-order valence-corrected chi connectivity index (χ3v) is 6.30. The van der Waals surface area contributed by atoms with Crippen molar-refractivity contribution in [2.45, 2.75) is 32.0 Å². The number of halogens is 2. The summed E-state index contributed by atoms with van der Waals surface area (Å²) in [6, 6.07) is 7.06. The first-order valence-corrected chi connectivity index (χ1v) is 10.6. The van der Waals surface area contributed by atoms with E-state index in [0.29, 0.717) is 23.7 Å². The Bertz CT molecular complexity index is 1290. The van der Waals surface area contributed by atoms with Crippen molar-refractivity contribution in [3.63, 3.8) is 0 Å². The number of benzene rings is 2. The molecule has 2 atom stereocenters. The van der Waals surface area contributed by atoms with Crippen molar-refractivity contribution >= 4 is 5.69 Å². The fourth-order valence-electron chi connectivity index (χ4n) is 4.70. The predicted molar refractivity (Wildman–Crippen MR) is 117 cm³/mol. The number of aromatic nitrogens is 2. The highest BCUT2D eigenvalue weighted by Crippen LogP contribution is 2.46. The highest BCUT2D eigenvalue weighted by Gasteiger charge is 2.40. The Morgan fingerprint density at radius 2 is 1.91 bits per heavy atom. The Labute approximate surface area is 189 Å². The van der Waals surface area contributed by atoms with E-state index < -0.39 is 17.2 Å². The zero-order valence-corrected chi connectivity index (χ0v) is 18.5. The van der Waals surface area contributed by atoms with Gasteiger partial charge in [-0.3, -0.25) is 4.79 Å². The number of hydrogen-bond donors (Lipinski definition) is 0. The van der Waals surface area contributed by atoms with E-state index in [9.17, 15) is 13.6 Å². The lowest BCUT2D eigenvalue weighted by Crippen LogP contribution is -2.48. The lowest BCUT2D eigenvalue weighted by atomic mass is 9.88. The number of ether oxygens (including phenoxy) is 3. The molecule has 0 spiro atoms. The van der Waals surface area contributed by atoms with Gasteiger partial charge in [0.15, 0.2) is 11.5 Å². The normalized spacial score (nSPS) is 18.6. The van der Waals surface area contributed by atoms with Crippen LogP contribution < -0.4 is 24.7 Å². The van der Waals surface area contributed by atoms with Crippen molar-refractivity contribution in [2.75, 3.05) is 25.7 Å². The van der Waals surface area contributed by atoms with Gasteiger partial charge in [-0.2, -0.15) is 5.10 Å². The molecule has 0 radical (unpaired) electrons. The first kappa shape index (κ1) is 21.2. The van der Waals surface area contributed by atoms with Gasteiger partial charge in [-0.15, -0.1) is 0 Å². The highest BCUT2D eigenvalue weighted by molar-refractivity contribution is 5.63. The van der Waals surface area contributed by atoms with Crippen LogP contribution in [0.3, 0.4) is 0 Å². The van der Waals surface area contributed by atoms with Crippen LogP contribution in [0.25, 0.3) is 0 Å². The number of fused-ring (bicyclic) bond motifs is 5. The molecule has 2 aliphatic rings. The topological polar surface area (TPSA) is 65.8 Å². The van der Waals surface area contributed by atoms with E-state index in [1.807, 2.05) is 19.1 Å². The fourth-order valence-corrected chi connectivity index (χ4v) is 4.70. The lowest BCUT2D eigenvalue weighted by molar-refractivity contribution is 0.160. The zero-order valence-electron chi connectivity index (χ0n) is 18.5. The molecule has 0 fully saturated rings. The number of anilines is 1. The molecule has 2 aliphatic heterocycles. The predicted octanol–water partition coefficient (Wildman–Crippen LogP) is 3.47. The molecular weight excluding hydrogens is 432 g/mol. The van der Waals surface area contributed by atoms with Gasteiger partial charge in [-0.05, 0) is 42.7 Å². The minimum atomic E-state index is -0.729. The standard InChI is InChI=1S/C24H23F2N3O4/c1-13-22-17-10-21(32-3)20(31-2)8-14(17)6-7-28(22)19-11-27-29(24(30)23(19)33-13)12-15-4-5-16(25)9-18(15)26/h4-5,8-11,13,22H,6-7,12H2,1-3H3/t13-,22+/m0/s1. The second-order valence-corrected chi connectivity index (χ2v) is 8.17. The fraction of sp³-hybridized carbons (Fsp3) is 0.333. The summed E-state index contributed by atoms with van der Waals surface area (Å²) in [7, 11) is 3.20. The van der Waals surface area contributed by atoms with E-state index in [1.54, 1.807) is 20.4 Å². The summed E-state index contributed by atoms with van der Waals surface area (Å²) < 4.78 is 45.5.